The molecule has 4 nitrogen and oxygen atoms in total. The lowest BCUT2D eigenvalue weighted by Crippen LogP contribution is -2.30. The van der Waals surface area contributed by atoms with E-state index < -0.39 is 6.10 Å². The fourth-order valence-electron chi connectivity index (χ4n) is 2.69. The number of aryl methyl sites for hydroxylation is 1. The molecule has 1 atom stereocenters. The lowest BCUT2D eigenvalue weighted by atomic mass is 10.2. The van der Waals surface area contributed by atoms with Crippen LogP contribution in [0.3, 0.4) is 0 Å². The fraction of sp³-hybridized carbons (Fsp3) is 0.435. The molecular formula is C23H31NO3. The number of ether oxygens (including phenoxy) is 2. The number of amides is 1. The second-order valence-electron chi connectivity index (χ2n) is 6.68. The lowest BCUT2D eigenvalue weighted by Gasteiger charge is -2.15. The van der Waals surface area contributed by atoms with Gasteiger partial charge >= 0.3 is 0 Å². The number of carbonyl (C=O) groups is 1. The molecule has 0 saturated carbocycles. The van der Waals surface area contributed by atoms with E-state index in [1.165, 1.54) is 24.8 Å². The largest absolute Gasteiger partial charge is 0.494 e. The van der Waals surface area contributed by atoms with Gasteiger partial charge in [-0.15, -0.1) is 0 Å². The highest BCUT2D eigenvalue weighted by molar-refractivity contribution is 5.94. The SMILES string of the molecule is CCCCCCOc1cccc(NC(=O)C(C)Oc2ccc(CC)cc2)c1. The maximum absolute atomic E-state index is 12.4. The molecule has 2 rings (SSSR count). The van der Waals surface area contributed by atoms with Crippen LogP contribution in [0.4, 0.5) is 5.69 Å². The first-order chi connectivity index (χ1) is 13.1. The van der Waals surface area contributed by atoms with Crippen LogP contribution in [0.25, 0.3) is 0 Å². The van der Waals surface area contributed by atoms with Crippen LogP contribution < -0.4 is 14.8 Å². The molecule has 1 N–H and O–H groups in total. The van der Waals surface area contributed by atoms with Crippen molar-refractivity contribution in [3.05, 3.63) is 54.1 Å². The summed E-state index contributed by atoms with van der Waals surface area (Å²) in [5.74, 6) is 1.28. The Labute approximate surface area is 162 Å². The lowest BCUT2D eigenvalue weighted by molar-refractivity contribution is -0.122. The van der Waals surface area contributed by atoms with Crippen LogP contribution in [0.2, 0.25) is 0 Å². The van der Waals surface area contributed by atoms with E-state index in [0.29, 0.717) is 18.0 Å². The van der Waals surface area contributed by atoms with Crippen molar-refractivity contribution in [2.45, 2.75) is 59.0 Å². The number of hydrogen-bond donors (Lipinski definition) is 1. The van der Waals surface area contributed by atoms with Crippen LogP contribution in [0.15, 0.2) is 48.5 Å². The van der Waals surface area contributed by atoms with Gasteiger partial charge in [0.05, 0.1) is 6.61 Å². The summed E-state index contributed by atoms with van der Waals surface area (Å²) in [6, 6.07) is 15.3. The Morgan fingerprint density at radius 2 is 1.78 bits per heavy atom. The van der Waals surface area contributed by atoms with E-state index >= 15 is 0 Å². The third-order valence-corrected chi connectivity index (χ3v) is 4.38. The van der Waals surface area contributed by atoms with E-state index in [0.717, 1.165) is 18.6 Å². The van der Waals surface area contributed by atoms with Crippen molar-refractivity contribution in [3.63, 3.8) is 0 Å². The molecule has 0 fully saturated rings. The van der Waals surface area contributed by atoms with Crippen LogP contribution in [-0.2, 0) is 11.2 Å². The molecule has 0 aliphatic rings. The second kappa shape index (κ2) is 11.3. The van der Waals surface area contributed by atoms with E-state index in [2.05, 4.69) is 19.2 Å². The van der Waals surface area contributed by atoms with Crippen LogP contribution in [0, 0.1) is 0 Å². The number of hydrogen-bond acceptors (Lipinski definition) is 3. The summed E-state index contributed by atoms with van der Waals surface area (Å²) >= 11 is 0. The Hall–Kier alpha value is -2.49. The molecule has 0 bridgehead atoms. The van der Waals surface area contributed by atoms with Gasteiger partial charge < -0.3 is 14.8 Å². The van der Waals surface area contributed by atoms with E-state index in [1.807, 2.05) is 48.5 Å². The molecule has 0 aromatic heterocycles. The number of carbonyl (C=O) groups excluding carboxylic acids is 1. The van der Waals surface area contributed by atoms with Gasteiger partial charge in [-0.2, -0.15) is 0 Å². The maximum atomic E-state index is 12.4. The van der Waals surface area contributed by atoms with Gasteiger partial charge in [0.25, 0.3) is 5.91 Å². The van der Waals surface area contributed by atoms with Crippen molar-refractivity contribution in [2.24, 2.45) is 0 Å². The summed E-state index contributed by atoms with van der Waals surface area (Å²) in [5.41, 5.74) is 1.95. The number of anilines is 1. The van der Waals surface area contributed by atoms with E-state index in [4.69, 9.17) is 9.47 Å². The minimum atomic E-state index is -0.587. The molecule has 1 unspecified atom stereocenters. The van der Waals surface area contributed by atoms with E-state index in [-0.39, 0.29) is 5.91 Å². The fourth-order valence-corrected chi connectivity index (χ4v) is 2.69. The molecule has 4 heteroatoms. The zero-order chi connectivity index (χ0) is 19.5. The van der Waals surface area contributed by atoms with Gasteiger partial charge in [0, 0.05) is 11.8 Å². The van der Waals surface area contributed by atoms with Gasteiger partial charge in [0.15, 0.2) is 6.10 Å². The van der Waals surface area contributed by atoms with Gasteiger partial charge in [0.2, 0.25) is 0 Å². The van der Waals surface area contributed by atoms with Crippen molar-refractivity contribution < 1.29 is 14.3 Å². The third-order valence-electron chi connectivity index (χ3n) is 4.38. The Morgan fingerprint density at radius 1 is 1.00 bits per heavy atom. The van der Waals surface area contributed by atoms with E-state index in [1.54, 1.807) is 6.92 Å². The van der Waals surface area contributed by atoms with Crippen molar-refractivity contribution in [1.82, 2.24) is 0 Å². The van der Waals surface area contributed by atoms with Crippen LogP contribution >= 0.6 is 0 Å². The van der Waals surface area contributed by atoms with Crippen LogP contribution in [0.5, 0.6) is 11.5 Å². The highest BCUT2D eigenvalue weighted by Crippen LogP contribution is 2.19. The standard InChI is InChI=1S/C23H31NO3/c1-4-6-7-8-16-26-22-11-9-10-20(17-22)24-23(25)18(3)27-21-14-12-19(5-2)13-15-21/h9-15,17-18H,4-8,16H2,1-3H3,(H,24,25). The summed E-state index contributed by atoms with van der Waals surface area (Å²) in [6.07, 6.45) is 5.07. The Balaban J connectivity index is 1.83. The molecule has 27 heavy (non-hydrogen) atoms. The number of rotatable bonds is 11. The first-order valence-electron chi connectivity index (χ1n) is 9.91. The molecule has 2 aromatic rings. The molecule has 2 aromatic carbocycles. The van der Waals surface area contributed by atoms with Crippen molar-refractivity contribution in [2.75, 3.05) is 11.9 Å². The minimum Gasteiger partial charge on any atom is -0.494 e. The Bertz CT molecular complexity index is 697. The van der Waals surface area contributed by atoms with Crippen molar-refractivity contribution >= 4 is 11.6 Å². The molecule has 1 amide bonds. The van der Waals surface area contributed by atoms with E-state index in [9.17, 15) is 4.79 Å². The highest BCUT2D eigenvalue weighted by atomic mass is 16.5. The molecule has 146 valence electrons. The summed E-state index contributed by atoms with van der Waals surface area (Å²) in [5, 5.41) is 2.89. The first-order valence-corrected chi connectivity index (χ1v) is 9.91. The highest BCUT2D eigenvalue weighted by Gasteiger charge is 2.15. The predicted molar refractivity (Wildman–Crippen MR) is 111 cm³/mol. The maximum Gasteiger partial charge on any atom is 0.265 e. The average molecular weight is 370 g/mol. The molecule has 0 spiro atoms. The van der Waals surface area contributed by atoms with Crippen molar-refractivity contribution in [3.8, 4) is 11.5 Å². The number of benzene rings is 2. The summed E-state index contributed by atoms with van der Waals surface area (Å²) < 4.78 is 11.5. The molecule has 0 aliphatic carbocycles. The molecule has 0 aliphatic heterocycles. The molecule has 0 saturated heterocycles. The quantitative estimate of drug-likeness (QED) is 0.523. The van der Waals surface area contributed by atoms with Gasteiger partial charge in [-0.3, -0.25) is 4.79 Å². The number of unbranched alkanes of at least 4 members (excludes halogenated alkanes) is 3. The monoisotopic (exact) mass is 369 g/mol. The molecular weight excluding hydrogens is 338 g/mol. The topological polar surface area (TPSA) is 47.6 Å². The van der Waals surface area contributed by atoms with Gasteiger partial charge in [-0.05, 0) is 49.6 Å². The summed E-state index contributed by atoms with van der Waals surface area (Å²) in [6.45, 7) is 6.74. The average Bonchev–Trinajstić information content (AvgIpc) is 2.68. The number of nitrogens with one attached hydrogen (secondary N) is 1. The van der Waals surface area contributed by atoms with Crippen LogP contribution in [0.1, 0.15) is 52.0 Å². The normalized spacial score (nSPS) is 11.7. The zero-order valence-electron chi connectivity index (χ0n) is 16.7. The minimum absolute atomic E-state index is 0.185. The van der Waals surface area contributed by atoms with Gasteiger partial charge in [-0.1, -0.05) is 51.3 Å². The Kier molecular flexibility index (Phi) is 8.69. The van der Waals surface area contributed by atoms with Gasteiger partial charge in [-0.25, -0.2) is 0 Å². The third kappa shape index (κ3) is 7.33. The predicted octanol–water partition coefficient (Wildman–Crippen LogP) is 5.61. The Morgan fingerprint density at radius 3 is 2.48 bits per heavy atom. The summed E-state index contributed by atoms with van der Waals surface area (Å²) in [4.78, 5) is 12.4. The molecule has 0 radical (unpaired) electrons. The second-order valence-corrected chi connectivity index (χ2v) is 6.68. The van der Waals surface area contributed by atoms with Gasteiger partial charge in [0.1, 0.15) is 11.5 Å². The summed E-state index contributed by atoms with van der Waals surface area (Å²) in [7, 11) is 0. The van der Waals surface area contributed by atoms with Crippen LogP contribution in [-0.4, -0.2) is 18.6 Å². The first kappa shape index (κ1) is 20.8. The smallest absolute Gasteiger partial charge is 0.265 e. The molecule has 0 heterocycles. The zero-order valence-corrected chi connectivity index (χ0v) is 16.7. The van der Waals surface area contributed by atoms with Crippen molar-refractivity contribution in [1.29, 1.82) is 0 Å².